The molecule has 0 radical (unpaired) electrons. The first-order chi connectivity index (χ1) is 12.3. The van der Waals surface area contributed by atoms with Gasteiger partial charge in [0.15, 0.2) is 0 Å². The van der Waals surface area contributed by atoms with Crippen LogP contribution in [0.5, 0.6) is 0 Å². The molecule has 2 heterocycles. The third-order valence-corrected chi connectivity index (χ3v) is 4.32. The monoisotopic (exact) mass is 336 g/mol. The Morgan fingerprint density at radius 3 is 2.52 bits per heavy atom. The summed E-state index contributed by atoms with van der Waals surface area (Å²) < 4.78 is 7.39. The molecule has 3 aromatic rings. The second-order valence-corrected chi connectivity index (χ2v) is 6.11. The summed E-state index contributed by atoms with van der Waals surface area (Å²) in [5.74, 6) is 0. The van der Waals surface area contributed by atoms with E-state index in [2.05, 4.69) is 52.4 Å². The van der Waals surface area contributed by atoms with E-state index in [-0.39, 0.29) is 6.04 Å². The molecule has 0 unspecified atom stereocenters. The van der Waals surface area contributed by atoms with Crippen LogP contribution >= 0.6 is 0 Å². The van der Waals surface area contributed by atoms with Gasteiger partial charge in [-0.15, -0.1) is 0 Å². The molecular weight excluding hydrogens is 312 g/mol. The molecular formula is C20H24N4O. The molecule has 0 N–H and O–H groups in total. The lowest BCUT2D eigenvalue weighted by Crippen LogP contribution is -2.28. The fourth-order valence-corrected chi connectivity index (χ4v) is 2.98. The molecule has 0 saturated heterocycles. The van der Waals surface area contributed by atoms with Crippen LogP contribution < -0.4 is 0 Å². The number of likely N-dealkylation sites (N-methyl/N-ethyl adjacent to an activating group) is 1. The maximum absolute atomic E-state index is 5.44. The van der Waals surface area contributed by atoms with Gasteiger partial charge in [-0.3, -0.25) is 14.6 Å². The van der Waals surface area contributed by atoms with E-state index in [1.807, 2.05) is 41.5 Å². The lowest BCUT2D eigenvalue weighted by molar-refractivity contribution is 0.0998. The SMILES string of the molecule is COC[C@H](c1ccccn1)N(C)Cc1ccccc1Cn1cccn1. The highest BCUT2D eigenvalue weighted by atomic mass is 16.5. The predicted octanol–water partition coefficient (Wildman–Crippen LogP) is 3.15. The van der Waals surface area contributed by atoms with Gasteiger partial charge >= 0.3 is 0 Å². The smallest absolute Gasteiger partial charge is 0.0757 e. The van der Waals surface area contributed by atoms with Gasteiger partial charge in [0.1, 0.15) is 0 Å². The van der Waals surface area contributed by atoms with E-state index < -0.39 is 0 Å². The minimum Gasteiger partial charge on any atom is -0.383 e. The maximum atomic E-state index is 5.44. The number of rotatable bonds is 8. The molecule has 25 heavy (non-hydrogen) atoms. The van der Waals surface area contributed by atoms with Crippen molar-refractivity contribution in [1.82, 2.24) is 19.7 Å². The summed E-state index contributed by atoms with van der Waals surface area (Å²) in [7, 11) is 3.85. The van der Waals surface area contributed by atoms with E-state index in [0.29, 0.717) is 6.61 Å². The van der Waals surface area contributed by atoms with Crippen molar-refractivity contribution < 1.29 is 4.74 Å². The minimum atomic E-state index is 0.115. The van der Waals surface area contributed by atoms with Crippen LogP contribution in [0.25, 0.3) is 0 Å². The zero-order chi connectivity index (χ0) is 17.5. The highest BCUT2D eigenvalue weighted by Gasteiger charge is 2.19. The second-order valence-electron chi connectivity index (χ2n) is 6.11. The van der Waals surface area contributed by atoms with Crippen LogP contribution in [0.1, 0.15) is 22.9 Å². The number of hydrogen-bond acceptors (Lipinski definition) is 4. The average molecular weight is 336 g/mol. The van der Waals surface area contributed by atoms with Gasteiger partial charge in [-0.05, 0) is 36.4 Å². The first-order valence-corrected chi connectivity index (χ1v) is 8.42. The van der Waals surface area contributed by atoms with Crippen LogP contribution in [0.4, 0.5) is 0 Å². The van der Waals surface area contributed by atoms with E-state index in [9.17, 15) is 0 Å². The van der Waals surface area contributed by atoms with Crippen LogP contribution in [0.2, 0.25) is 0 Å². The van der Waals surface area contributed by atoms with Gasteiger partial charge in [0.25, 0.3) is 0 Å². The first kappa shape index (κ1) is 17.3. The fraction of sp³-hybridized carbons (Fsp3) is 0.300. The van der Waals surface area contributed by atoms with Gasteiger partial charge in [-0.1, -0.05) is 30.3 Å². The zero-order valence-electron chi connectivity index (χ0n) is 14.7. The summed E-state index contributed by atoms with van der Waals surface area (Å²) in [5.41, 5.74) is 3.59. The largest absolute Gasteiger partial charge is 0.383 e. The molecule has 2 aromatic heterocycles. The second kappa shape index (κ2) is 8.55. The van der Waals surface area contributed by atoms with Crippen LogP contribution in [0, 0.1) is 0 Å². The molecule has 5 heteroatoms. The number of aromatic nitrogens is 3. The van der Waals surface area contributed by atoms with Gasteiger partial charge in [-0.25, -0.2) is 0 Å². The van der Waals surface area contributed by atoms with Crippen molar-refractivity contribution in [3.63, 3.8) is 0 Å². The number of ether oxygens (including phenoxy) is 1. The topological polar surface area (TPSA) is 43.2 Å². The molecule has 0 aliphatic carbocycles. The van der Waals surface area contributed by atoms with Gasteiger partial charge < -0.3 is 4.74 Å². The van der Waals surface area contributed by atoms with Gasteiger partial charge in [0.2, 0.25) is 0 Å². The normalized spacial score (nSPS) is 12.4. The van der Waals surface area contributed by atoms with Crippen molar-refractivity contribution in [3.8, 4) is 0 Å². The predicted molar refractivity (Wildman–Crippen MR) is 98.1 cm³/mol. The third kappa shape index (κ3) is 4.53. The van der Waals surface area contributed by atoms with E-state index in [0.717, 1.165) is 18.8 Å². The van der Waals surface area contributed by atoms with Crippen molar-refractivity contribution >= 4 is 0 Å². The zero-order valence-corrected chi connectivity index (χ0v) is 14.7. The minimum absolute atomic E-state index is 0.115. The third-order valence-electron chi connectivity index (χ3n) is 4.32. The van der Waals surface area contributed by atoms with Gasteiger partial charge in [-0.2, -0.15) is 5.10 Å². The van der Waals surface area contributed by atoms with Crippen molar-refractivity contribution in [3.05, 3.63) is 83.9 Å². The average Bonchev–Trinajstić information content (AvgIpc) is 3.15. The summed E-state index contributed by atoms with van der Waals surface area (Å²) in [6.07, 6.45) is 5.63. The Kier molecular flexibility index (Phi) is 5.93. The number of hydrogen-bond donors (Lipinski definition) is 0. The fourth-order valence-electron chi connectivity index (χ4n) is 2.98. The Morgan fingerprint density at radius 2 is 1.84 bits per heavy atom. The molecule has 0 spiro atoms. The number of methoxy groups -OCH3 is 1. The van der Waals surface area contributed by atoms with E-state index in [1.54, 1.807) is 7.11 Å². The lowest BCUT2D eigenvalue weighted by Gasteiger charge is -2.28. The molecule has 0 bridgehead atoms. The molecule has 3 rings (SSSR count). The van der Waals surface area contributed by atoms with Crippen molar-refractivity contribution in [2.24, 2.45) is 0 Å². The molecule has 0 fully saturated rings. The first-order valence-electron chi connectivity index (χ1n) is 8.42. The number of nitrogens with zero attached hydrogens (tertiary/aromatic N) is 4. The standard InChI is InChI=1S/C20H24N4O/c1-23(20(16-25-2)19-10-5-6-11-21-19)14-17-8-3-4-9-18(17)15-24-13-7-12-22-24/h3-13,20H,14-16H2,1-2H3/t20-/m1/s1. The van der Waals surface area contributed by atoms with Crippen LogP contribution in [0.15, 0.2) is 67.1 Å². The highest BCUT2D eigenvalue weighted by molar-refractivity contribution is 5.27. The van der Waals surface area contributed by atoms with Crippen molar-refractivity contribution in [1.29, 1.82) is 0 Å². The van der Waals surface area contributed by atoms with Crippen LogP contribution in [0.3, 0.4) is 0 Å². The number of benzene rings is 1. The molecule has 0 saturated carbocycles. The summed E-state index contributed by atoms with van der Waals surface area (Å²) in [6.45, 7) is 2.20. The quantitative estimate of drug-likeness (QED) is 0.634. The summed E-state index contributed by atoms with van der Waals surface area (Å²) in [6, 6.07) is 16.6. The Morgan fingerprint density at radius 1 is 1.04 bits per heavy atom. The van der Waals surface area contributed by atoms with Crippen LogP contribution in [-0.2, 0) is 17.8 Å². The Hall–Kier alpha value is -2.50. The molecule has 0 aliphatic heterocycles. The van der Waals surface area contributed by atoms with E-state index in [1.165, 1.54) is 11.1 Å². The number of pyridine rings is 1. The maximum Gasteiger partial charge on any atom is 0.0757 e. The van der Waals surface area contributed by atoms with Crippen molar-refractivity contribution in [2.45, 2.75) is 19.1 Å². The molecule has 1 atom stereocenters. The van der Waals surface area contributed by atoms with Crippen molar-refractivity contribution in [2.75, 3.05) is 20.8 Å². The van der Waals surface area contributed by atoms with Gasteiger partial charge in [0.05, 0.1) is 24.9 Å². The molecule has 0 aliphatic rings. The highest BCUT2D eigenvalue weighted by Crippen LogP contribution is 2.21. The summed E-state index contributed by atoms with van der Waals surface area (Å²) >= 11 is 0. The van der Waals surface area contributed by atoms with E-state index in [4.69, 9.17) is 4.74 Å². The Labute approximate surface area is 148 Å². The van der Waals surface area contributed by atoms with E-state index >= 15 is 0 Å². The molecule has 0 amide bonds. The Bertz CT molecular complexity index is 758. The molecule has 1 aromatic carbocycles. The molecule has 5 nitrogen and oxygen atoms in total. The summed E-state index contributed by atoms with van der Waals surface area (Å²) in [5, 5.41) is 4.32. The lowest BCUT2D eigenvalue weighted by atomic mass is 10.1. The summed E-state index contributed by atoms with van der Waals surface area (Å²) in [4.78, 5) is 6.79. The van der Waals surface area contributed by atoms with Crippen LogP contribution in [-0.4, -0.2) is 40.4 Å². The Balaban J connectivity index is 1.78. The van der Waals surface area contributed by atoms with Gasteiger partial charge in [0, 0.05) is 32.2 Å². The molecule has 130 valence electrons.